The standard InChI is InChI=1S/C26H31FN4O6S/c1-36-23-9-8-19(15-21(23)27)38(28,35)13-5-11-29-24(32)20-14-17-16-31(12-10-22(17)30-25(20)33)26(34)37-18-6-3-2-4-7-18/h5,8-9,13-15,18,28H,2-4,6-7,10-12,16H2,1H3,(H,29,32)(H,30,33)/b13-5+. The number of hydrogen-bond acceptors (Lipinski definition) is 7. The Labute approximate surface area is 220 Å². The van der Waals surface area contributed by atoms with Crippen molar-refractivity contribution < 1.29 is 27.7 Å². The molecular weight excluding hydrogens is 515 g/mol. The van der Waals surface area contributed by atoms with E-state index < -0.39 is 27.0 Å². The molecule has 0 spiro atoms. The Morgan fingerprint density at radius 3 is 2.74 bits per heavy atom. The van der Waals surface area contributed by atoms with Gasteiger partial charge in [0.25, 0.3) is 11.5 Å². The smallest absolute Gasteiger partial charge is 0.410 e. The Bertz CT molecular complexity index is 1400. The zero-order chi connectivity index (χ0) is 27.3. The number of pyridine rings is 1. The van der Waals surface area contributed by atoms with E-state index in [0.29, 0.717) is 24.2 Å². The van der Waals surface area contributed by atoms with E-state index in [9.17, 15) is 23.0 Å². The number of aromatic nitrogens is 1. The lowest BCUT2D eigenvalue weighted by atomic mass is 9.98. The van der Waals surface area contributed by atoms with E-state index in [1.165, 1.54) is 31.4 Å². The summed E-state index contributed by atoms with van der Waals surface area (Å²) in [6.45, 7) is 0.524. The summed E-state index contributed by atoms with van der Waals surface area (Å²) in [7, 11) is -2.16. The van der Waals surface area contributed by atoms with Gasteiger partial charge in [-0.2, -0.15) is 0 Å². The molecule has 38 heavy (non-hydrogen) atoms. The van der Waals surface area contributed by atoms with Gasteiger partial charge in [0.2, 0.25) is 0 Å². The van der Waals surface area contributed by atoms with Crippen LogP contribution >= 0.6 is 0 Å². The van der Waals surface area contributed by atoms with Crippen LogP contribution in [0.2, 0.25) is 0 Å². The minimum absolute atomic E-state index is 0.0281. The van der Waals surface area contributed by atoms with Gasteiger partial charge in [-0.3, -0.25) is 9.59 Å². The molecule has 10 nitrogen and oxygen atoms in total. The molecule has 1 unspecified atom stereocenters. The van der Waals surface area contributed by atoms with Crippen LogP contribution in [-0.4, -0.2) is 52.4 Å². The van der Waals surface area contributed by atoms with Crippen molar-refractivity contribution in [2.45, 2.75) is 56.1 Å². The third-order valence-electron chi connectivity index (χ3n) is 6.67. The number of hydrogen-bond donors (Lipinski definition) is 3. The van der Waals surface area contributed by atoms with E-state index >= 15 is 0 Å². The largest absolute Gasteiger partial charge is 0.494 e. The first-order valence-electron chi connectivity index (χ1n) is 12.5. The minimum Gasteiger partial charge on any atom is -0.494 e. The zero-order valence-corrected chi connectivity index (χ0v) is 21.9. The maximum atomic E-state index is 13.9. The number of amides is 2. The lowest BCUT2D eigenvalue weighted by Crippen LogP contribution is -2.40. The molecule has 0 saturated heterocycles. The highest BCUT2D eigenvalue weighted by atomic mass is 32.2. The molecule has 1 atom stereocenters. The number of halogens is 1. The van der Waals surface area contributed by atoms with E-state index in [-0.39, 0.29) is 41.5 Å². The molecule has 1 saturated carbocycles. The van der Waals surface area contributed by atoms with E-state index in [1.54, 1.807) is 4.90 Å². The summed E-state index contributed by atoms with van der Waals surface area (Å²) in [5, 5.41) is 3.61. The van der Waals surface area contributed by atoms with Crippen molar-refractivity contribution in [2.75, 3.05) is 20.2 Å². The van der Waals surface area contributed by atoms with Gasteiger partial charge in [-0.25, -0.2) is 18.2 Å². The quantitative estimate of drug-likeness (QED) is 0.484. The van der Waals surface area contributed by atoms with Gasteiger partial charge in [-0.15, -0.1) is 0 Å². The van der Waals surface area contributed by atoms with Crippen molar-refractivity contribution in [3.05, 3.63) is 68.7 Å². The maximum absolute atomic E-state index is 13.9. The summed E-state index contributed by atoms with van der Waals surface area (Å²) >= 11 is 0. The Hall–Kier alpha value is -3.67. The summed E-state index contributed by atoms with van der Waals surface area (Å²) in [4.78, 5) is 42.1. The van der Waals surface area contributed by atoms with Crippen molar-refractivity contribution in [3.8, 4) is 5.75 Å². The molecule has 1 aromatic heterocycles. The number of ether oxygens (including phenoxy) is 2. The number of benzene rings is 1. The number of H-pyrrole nitrogens is 1. The Morgan fingerprint density at radius 1 is 1.26 bits per heavy atom. The summed E-state index contributed by atoms with van der Waals surface area (Å²) in [5.74, 6) is -1.42. The SMILES string of the molecule is COc1ccc(S(=N)(=O)/C=C/CNC(=O)c2cc3c([nH]c2=O)CCN(C(=O)OC2CCCCC2)C3)cc1F. The molecule has 4 rings (SSSR count). The summed E-state index contributed by atoms with van der Waals surface area (Å²) < 4.78 is 45.1. The molecular formula is C26H31FN4O6S. The molecule has 0 radical (unpaired) electrons. The third kappa shape index (κ3) is 6.42. The third-order valence-corrected chi connectivity index (χ3v) is 8.20. The van der Waals surface area contributed by atoms with E-state index in [4.69, 9.17) is 14.3 Å². The van der Waals surface area contributed by atoms with E-state index in [2.05, 4.69) is 10.3 Å². The van der Waals surface area contributed by atoms with Gasteiger partial charge in [0.05, 0.1) is 28.3 Å². The number of nitrogens with zero attached hydrogens (tertiary/aromatic N) is 1. The first-order valence-corrected chi connectivity index (χ1v) is 14.1. The van der Waals surface area contributed by atoms with Crippen molar-refractivity contribution in [3.63, 3.8) is 0 Å². The lowest BCUT2D eigenvalue weighted by Gasteiger charge is -2.30. The predicted octanol–water partition coefficient (Wildman–Crippen LogP) is 3.70. The van der Waals surface area contributed by atoms with Crippen LogP contribution < -0.4 is 15.6 Å². The predicted molar refractivity (Wildman–Crippen MR) is 138 cm³/mol. The molecule has 3 N–H and O–H groups in total. The van der Waals surface area contributed by atoms with Gasteiger partial charge in [0, 0.05) is 30.6 Å². The molecule has 1 fully saturated rings. The second-order valence-corrected chi connectivity index (χ2v) is 11.3. The molecule has 0 bridgehead atoms. The van der Waals surface area contributed by atoms with Crippen LogP contribution in [0.3, 0.4) is 0 Å². The second kappa shape index (κ2) is 11.8. The maximum Gasteiger partial charge on any atom is 0.410 e. The van der Waals surface area contributed by atoms with Gasteiger partial charge in [-0.1, -0.05) is 12.5 Å². The van der Waals surface area contributed by atoms with Crippen LogP contribution in [0.25, 0.3) is 0 Å². The van der Waals surface area contributed by atoms with Crippen LogP contribution in [0, 0.1) is 10.6 Å². The number of rotatable bonds is 7. The first-order chi connectivity index (χ1) is 18.2. The summed E-state index contributed by atoms with van der Waals surface area (Å²) in [5.41, 5.74) is 0.659. The average molecular weight is 547 g/mol. The van der Waals surface area contributed by atoms with Crippen LogP contribution in [0.15, 0.2) is 45.4 Å². The van der Waals surface area contributed by atoms with E-state index in [1.807, 2.05) is 0 Å². The fourth-order valence-corrected chi connectivity index (χ4v) is 5.65. The molecule has 2 amide bonds. The number of methoxy groups -OCH3 is 1. The van der Waals surface area contributed by atoms with Gasteiger partial charge >= 0.3 is 6.09 Å². The molecule has 2 heterocycles. The Morgan fingerprint density at radius 2 is 2.03 bits per heavy atom. The molecule has 12 heteroatoms. The molecule has 2 aliphatic rings. The number of carbonyl (C=O) groups is 2. The van der Waals surface area contributed by atoms with Gasteiger partial charge in [-0.05, 0) is 55.5 Å². The monoisotopic (exact) mass is 546 g/mol. The van der Waals surface area contributed by atoms with Crippen molar-refractivity contribution >= 4 is 21.7 Å². The average Bonchev–Trinajstić information content (AvgIpc) is 2.90. The van der Waals surface area contributed by atoms with Gasteiger partial charge < -0.3 is 24.7 Å². The minimum atomic E-state index is -3.46. The fourth-order valence-electron chi connectivity index (χ4n) is 4.58. The fraction of sp³-hybridized carbons (Fsp3) is 0.423. The second-order valence-electron chi connectivity index (χ2n) is 9.31. The zero-order valence-electron chi connectivity index (χ0n) is 21.1. The van der Waals surface area contributed by atoms with Crippen LogP contribution in [0.4, 0.5) is 9.18 Å². The number of carbonyl (C=O) groups excluding carboxylic acids is 2. The summed E-state index contributed by atoms with van der Waals surface area (Å²) in [6, 6.07) is 5.06. The molecule has 2 aromatic rings. The lowest BCUT2D eigenvalue weighted by molar-refractivity contribution is 0.0427. The Kier molecular flexibility index (Phi) is 8.50. The first kappa shape index (κ1) is 27.4. The number of fused-ring (bicyclic) bond motifs is 1. The van der Waals surface area contributed by atoms with Crippen LogP contribution in [0.5, 0.6) is 5.75 Å². The normalized spacial score (nSPS) is 17.5. The van der Waals surface area contributed by atoms with E-state index in [0.717, 1.165) is 43.6 Å². The van der Waals surface area contributed by atoms with Crippen LogP contribution in [0.1, 0.15) is 53.7 Å². The molecule has 1 aliphatic carbocycles. The highest BCUT2D eigenvalue weighted by molar-refractivity contribution is 7.95. The molecule has 1 aromatic carbocycles. The number of nitrogens with one attached hydrogen (secondary N) is 3. The Balaban J connectivity index is 1.37. The van der Waals surface area contributed by atoms with Gasteiger partial charge in [0.1, 0.15) is 11.7 Å². The number of aromatic amines is 1. The van der Waals surface area contributed by atoms with Crippen molar-refractivity contribution in [1.29, 1.82) is 4.78 Å². The molecule has 204 valence electrons. The van der Waals surface area contributed by atoms with Crippen molar-refractivity contribution in [1.82, 2.24) is 15.2 Å². The topological polar surface area (TPSA) is 142 Å². The van der Waals surface area contributed by atoms with Crippen molar-refractivity contribution in [2.24, 2.45) is 0 Å². The van der Waals surface area contributed by atoms with Crippen LogP contribution in [-0.2, 0) is 27.4 Å². The molecule has 1 aliphatic heterocycles. The highest BCUT2D eigenvalue weighted by Crippen LogP contribution is 2.24. The van der Waals surface area contributed by atoms with Gasteiger partial charge in [0.15, 0.2) is 11.6 Å². The summed E-state index contributed by atoms with van der Waals surface area (Å²) in [6.07, 6.45) is 6.30. The highest BCUT2D eigenvalue weighted by Gasteiger charge is 2.27.